The normalized spacial score (nSPS) is 16.4. The fourth-order valence-corrected chi connectivity index (χ4v) is 2.97. The number of benzene rings is 1. The van der Waals surface area contributed by atoms with E-state index in [0.29, 0.717) is 5.71 Å². The van der Waals surface area contributed by atoms with Crippen molar-refractivity contribution in [2.24, 2.45) is 5.16 Å². The summed E-state index contributed by atoms with van der Waals surface area (Å²) in [6, 6.07) is 10.2. The van der Waals surface area contributed by atoms with Gasteiger partial charge in [0, 0.05) is 29.6 Å². The van der Waals surface area contributed by atoms with Gasteiger partial charge in [-0.05, 0) is 24.8 Å². The van der Waals surface area contributed by atoms with Crippen molar-refractivity contribution in [3.05, 3.63) is 58.9 Å². The molecule has 1 heterocycles. The molecule has 0 aliphatic heterocycles. The highest BCUT2D eigenvalue weighted by Gasteiger charge is 2.24. The number of nitrogens with zero attached hydrogens (tertiary/aromatic N) is 2. The molecule has 0 spiro atoms. The molecule has 0 saturated heterocycles. The average Bonchev–Trinajstić information content (AvgIpc) is 2.86. The second-order valence-corrected chi connectivity index (χ2v) is 5.15. The van der Waals surface area contributed by atoms with Crippen LogP contribution in [0.3, 0.4) is 0 Å². The number of aliphatic hydroxyl groups is 1. The number of fused-ring (bicyclic) bond motifs is 1. The molecule has 0 bridgehead atoms. The lowest BCUT2D eigenvalue weighted by atomic mass is 9.93. The SMILES string of the molecule is OCc1cn(Cc2ccccc2)c2c1/C(=N/O)CCC2. The van der Waals surface area contributed by atoms with E-state index in [1.807, 2.05) is 24.4 Å². The van der Waals surface area contributed by atoms with Crippen LogP contribution in [0.15, 0.2) is 41.7 Å². The van der Waals surface area contributed by atoms with Gasteiger partial charge >= 0.3 is 0 Å². The summed E-state index contributed by atoms with van der Waals surface area (Å²) in [6.45, 7) is 0.755. The van der Waals surface area contributed by atoms with Gasteiger partial charge in [-0.1, -0.05) is 35.5 Å². The van der Waals surface area contributed by atoms with Gasteiger partial charge < -0.3 is 14.9 Å². The van der Waals surface area contributed by atoms with Gasteiger partial charge in [0.15, 0.2) is 0 Å². The van der Waals surface area contributed by atoms with Gasteiger partial charge in [-0.2, -0.15) is 0 Å². The minimum Gasteiger partial charge on any atom is -0.411 e. The Hall–Kier alpha value is -2.07. The lowest BCUT2D eigenvalue weighted by Gasteiger charge is -2.17. The van der Waals surface area contributed by atoms with Gasteiger partial charge in [0.1, 0.15) is 0 Å². The Morgan fingerprint density at radius 3 is 2.65 bits per heavy atom. The Kier molecular flexibility index (Phi) is 3.56. The number of aromatic nitrogens is 1. The molecule has 2 N–H and O–H groups in total. The first-order chi connectivity index (χ1) is 9.83. The van der Waals surface area contributed by atoms with Gasteiger partial charge in [0.2, 0.25) is 0 Å². The van der Waals surface area contributed by atoms with Crippen LogP contribution < -0.4 is 0 Å². The van der Waals surface area contributed by atoms with Gasteiger partial charge in [-0.15, -0.1) is 0 Å². The van der Waals surface area contributed by atoms with Crippen LogP contribution in [-0.4, -0.2) is 20.6 Å². The third-order valence-corrected chi connectivity index (χ3v) is 3.87. The third-order valence-electron chi connectivity index (χ3n) is 3.87. The second kappa shape index (κ2) is 5.51. The molecule has 0 atom stereocenters. The Bertz CT molecular complexity index is 629. The number of hydrogen-bond acceptors (Lipinski definition) is 3. The minimum absolute atomic E-state index is 0.0247. The molecule has 0 unspecified atom stereocenters. The van der Waals surface area contributed by atoms with Crippen molar-refractivity contribution in [3.8, 4) is 0 Å². The summed E-state index contributed by atoms with van der Waals surface area (Å²) < 4.78 is 2.17. The van der Waals surface area contributed by atoms with Crippen LogP contribution in [0, 0.1) is 0 Å². The number of hydrogen-bond donors (Lipinski definition) is 2. The van der Waals surface area contributed by atoms with E-state index in [2.05, 4.69) is 21.9 Å². The Morgan fingerprint density at radius 1 is 1.15 bits per heavy atom. The maximum absolute atomic E-state index is 9.54. The molecule has 104 valence electrons. The molecule has 4 nitrogen and oxygen atoms in total. The topological polar surface area (TPSA) is 57.8 Å². The third kappa shape index (κ3) is 2.23. The van der Waals surface area contributed by atoms with Gasteiger partial charge in [0.05, 0.1) is 12.3 Å². The number of aliphatic hydroxyl groups excluding tert-OH is 1. The monoisotopic (exact) mass is 270 g/mol. The van der Waals surface area contributed by atoms with Crippen molar-refractivity contribution in [1.82, 2.24) is 4.57 Å². The number of rotatable bonds is 3. The zero-order valence-corrected chi connectivity index (χ0v) is 11.3. The van der Waals surface area contributed by atoms with Gasteiger partial charge in [-0.3, -0.25) is 0 Å². The Morgan fingerprint density at radius 2 is 1.95 bits per heavy atom. The maximum atomic E-state index is 9.54. The first kappa shape index (κ1) is 12.9. The fraction of sp³-hybridized carbons (Fsp3) is 0.312. The van der Waals surface area contributed by atoms with E-state index in [9.17, 15) is 5.11 Å². The molecule has 1 aliphatic carbocycles. The summed E-state index contributed by atoms with van der Waals surface area (Å²) >= 11 is 0. The lowest BCUT2D eigenvalue weighted by molar-refractivity contribution is 0.281. The minimum atomic E-state index is -0.0247. The van der Waals surface area contributed by atoms with E-state index in [0.717, 1.165) is 42.6 Å². The van der Waals surface area contributed by atoms with Crippen LogP contribution in [0.5, 0.6) is 0 Å². The molecule has 20 heavy (non-hydrogen) atoms. The molecule has 0 saturated carbocycles. The highest BCUT2D eigenvalue weighted by atomic mass is 16.4. The van der Waals surface area contributed by atoms with Crippen molar-refractivity contribution in [3.63, 3.8) is 0 Å². The van der Waals surface area contributed by atoms with Crippen molar-refractivity contribution in [1.29, 1.82) is 0 Å². The zero-order valence-electron chi connectivity index (χ0n) is 11.3. The van der Waals surface area contributed by atoms with E-state index >= 15 is 0 Å². The highest BCUT2D eigenvalue weighted by Crippen LogP contribution is 2.28. The highest BCUT2D eigenvalue weighted by molar-refractivity contribution is 6.03. The molecule has 1 aromatic carbocycles. The summed E-state index contributed by atoms with van der Waals surface area (Å²) in [5, 5.41) is 22.1. The molecular formula is C16H18N2O2. The predicted octanol–water partition coefficient (Wildman–Crippen LogP) is 2.54. The van der Waals surface area contributed by atoms with Crippen LogP contribution in [0.25, 0.3) is 0 Å². The summed E-state index contributed by atoms with van der Waals surface area (Å²) in [7, 11) is 0. The van der Waals surface area contributed by atoms with Crippen molar-refractivity contribution < 1.29 is 10.3 Å². The van der Waals surface area contributed by atoms with Gasteiger partial charge in [0.25, 0.3) is 0 Å². The largest absolute Gasteiger partial charge is 0.411 e. The maximum Gasteiger partial charge on any atom is 0.0889 e. The molecule has 1 aromatic heterocycles. The molecule has 1 aliphatic rings. The standard InChI is InChI=1S/C16H18N2O2/c19-11-13-10-18(9-12-5-2-1-3-6-12)15-8-4-7-14(17-20)16(13)15/h1-3,5-6,10,19-20H,4,7-9,11H2/b17-14+. The smallest absolute Gasteiger partial charge is 0.0889 e. The number of oxime groups is 1. The molecule has 3 rings (SSSR count). The zero-order chi connectivity index (χ0) is 13.9. The average molecular weight is 270 g/mol. The van der Waals surface area contributed by atoms with E-state index in [1.54, 1.807) is 0 Å². The summed E-state index contributed by atoms with van der Waals surface area (Å²) in [5.41, 5.74) is 4.88. The lowest BCUT2D eigenvalue weighted by Crippen LogP contribution is -2.15. The van der Waals surface area contributed by atoms with Gasteiger partial charge in [-0.25, -0.2) is 0 Å². The quantitative estimate of drug-likeness (QED) is 0.665. The van der Waals surface area contributed by atoms with E-state index in [1.165, 1.54) is 5.56 Å². The van der Waals surface area contributed by atoms with Crippen molar-refractivity contribution in [2.45, 2.75) is 32.4 Å². The van der Waals surface area contributed by atoms with Crippen molar-refractivity contribution in [2.75, 3.05) is 0 Å². The van der Waals surface area contributed by atoms with E-state index in [4.69, 9.17) is 5.21 Å². The molecule has 0 fully saturated rings. The molecular weight excluding hydrogens is 252 g/mol. The Labute approximate surface area is 118 Å². The van der Waals surface area contributed by atoms with Crippen LogP contribution in [0.1, 0.15) is 35.2 Å². The molecule has 4 heteroatoms. The molecule has 0 amide bonds. The summed E-state index contributed by atoms with van der Waals surface area (Å²) in [4.78, 5) is 0. The van der Waals surface area contributed by atoms with Crippen molar-refractivity contribution >= 4 is 5.71 Å². The van der Waals surface area contributed by atoms with E-state index < -0.39 is 0 Å². The van der Waals surface area contributed by atoms with Crippen LogP contribution in [-0.2, 0) is 19.6 Å². The first-order valence-corrected chi connectivity index (χ1v) is 6.90. The van der Waals surface area contributed by atoms with E-state index in [-0.39, 0.29) is 6.61 Å². The fourth-order valence-electron chi connectivity index (χ4n) is 2.97. The molecule has 2 aromatic rings. The summed E-state index contributed by atoms with van der Waals surface area (Å²) in [6.07, 6.45) is 4.69. The molecule has 0 radical (unpaired) electrons. The predicted molar refractivity (Wildman–Crippen MR) is 77.2 cm³/mol. The van der Waals surface area contributed by atoms with Crippen LogP contribution in [0.2, 0.25) is 0 Å². The summed E-state index contributed by atoms with van der Waals surface area (Å²) in [5.74, 6) is 0. The van der Waals surface area contributed by atoms with Crippen LogP contribution >= 0.6 is 0 Å². The first-order valence-electron chi connectivity index (χ1n) is 6.90. The van der Waals surface area contributed by atoms with Crippen LogP contribution in [0.4, 0.5) is 0 Å². The second-order valence-electron chi connectivity index (χ2n) is 5.15. The Balaban J connectivity index is 2.03.